The second-order valence-corrected chi connectivity index (χ2v) is 32.1. The highest BCUT2D eigenvalue weighted by atomic mass is 32.1. The maximum Gasteiger partial charge on any atom is 0.168 e. The number of carbonyl (C=O) groups excluding carboxylic acids is 6. The van der Waals surface area contributed by atoms with Gasteiger partial charge in [-0.3, -0.25) is 42.8 Å². The first-order valence-electron chi connectivity index (χ1n) is 36.8. The molecule has 6 aromatic rings. The highest BCUT2D eigenvalue weighted by Gasteiger charge is 2.23. The summed E-state index contributed by atoms with van der Waals surface area (Å²) in [4.78, 5) is 77.7. The summed E-state index contributed by atoms with van der Waals surface area (Å²) in [5, 5.41) is 25.2. The topological polar surface area (TPSA) is 226 Å². The molecule has 0 amide bonds. The Kier molecular flexibility index (Phi) is 47.0. The predicted molar refractivity (Wildman–Crippen MR) is 417 cm³/mol. The maximum atomic E-state index is 11.4. The van der Waals surface area contributed by atoms with Gasteiger partial charge in [0.05, 0.1) is 46.0 Å². The molecule has 101 heavy (non-hydrogen) atoms. The zero-order chi connectivity index (χ0) is 76.5. The zero-order valence-corrected chi connectivity index (χ0v) is 68.8. The van der Waals surface area contributed by atoms with Crippen LogP contribution in [0.1, 0.15) is 247 Å². The van der Waals surface area contributed by atoms with E-state index in [4.69, 9.17) is 9.47 Å². The number of nitrogens with zero attached hydrogens (tertiary/aromatic N) is 10. The van der Waals surface area contributed by atoms with E-state index < -0.39 is 0 Å². The Balaban J connectivity index is 0.000000578. The van der Waals surface area contributed by atoms with Gasteiger partial charge in [0, 0.05) is 136 Å². The van der Waals surface area contributed by atoms with Crippen LogP contribution in [0.25, 0.3) is 0 Å². The van der Waals surface area contributed by atoms with Gasteiger partial charge in [-0.25, -0.2) is 9.97 Å². The van der Waals surface area contributed by atoms with Gasteiger partial charge in [0.15, 0.2) is 11.6 Å². The molecule has 2 fully saturated rings. The van der Waals surface area contributed by atoms with Crippen molar-refractivity contribution in [3.05, 3.63) is 120 Å². The lowest BCUT2D eigenvalue weighted by Crippen LogP contribution is -2.27. The molecule has 7 heterocycles. The summed E-state index contributed by atoms with van der Waals surface area (Å²) in [7, 11) is 3.90. The van der Waals surface area contributed by atoms with Crippen molar-refractivity contribution < 1.29 is 38.2 Å². The Bertz CT molecular complexity index is 3200. The van der Waals surface area contributed by atoms with Gasteiger partial charge in [0.1, 0.15) is 39.8 Å². The lowest BCUT2D eigenvalue weighted by molar-refractivity contribution is -0.130. The molecule has 1 aliphatic heterocycles. The standard InChI is InChI=1S/C11H18N2O.C11H18N2.C11H17NS.C10H15NOS.C10H18O3.C9H14N2OS.C9H14N2O.C9H16O/c1-8(2)11(14)6-5-10-9(3)7-12-13(10)4;1-9(2)10(3)5-6-11-7-8-12-13(11)4;1-8(2)9(3)5-6-11-10(4)13-7-12-11;1-7(2)10(12)5-4-9-6-13-8(3)11-9;1-8(2)10(11)7-13-9-3-5-12-6-4-9;1-6(2)8(12)4-5-9-11-10-7(3)13-9;1-4-11-6-8(5-10-11)9(12)7(2)3;1-7(2)9(10)6-5-8-3-4-8/h7-8H,5-6H2,1-4H3;7-9H,3,5-6H2,1-2,4H3;7-8H,3,5-6H2,1-2,4H3;6-7H,4-5H2,1-3H3;8-9H,3-7H2,1-2H3;6H,4-5H2,1-3H3;5-7H,4H2,1-3H3;7-8H,3-6H2,1-2H3. The predicted octanol–water partition coefficient (Wildman–Crippen LogP) is 18.2. The van der Waals surface area contributed by atoms with Gasteiger partial charge < -0.3 is 9.47 Å². The maximum absolute atomic E-state index is 11.4. The fourth-order valence-electron chi connectivity index (χ4n) is 9.09. The van der Waals surface area contributed by atoms with Crippen molar-refractivity contribution in [1.82, 2.24) is 49.5 Å². The van der Waals surface area contributed by atoms with E-state index in [-0.39, 0.29) is 59.8 Å². The number of Topliss-reactive ketones (excluding diaryl/α,β-unsaturated/α-hetero) is 6. The molecule has 0 unspecified atom stereocenters. The third-order valence-electron chi connectivity index (χ3n) is 17.2. The summed E-state index contributed by atoms with van der Waals surface area (Å²) in [6.45, 7) is 52.7. The first kappa shape index (κ1) is 92.9. The second-order valence-electron chi connectivity index (χ2n) is 28.7. The summed E-state index contributed by atoms with van der Waals surface area (Å²) in [5.74, 6) is 4.64. The van der Waals surface area contributed by atoms with Crippen LogP contribution in [-0.2, 0) is 86.2 Å². The third-order valence-corrected chi connectivity index (χ3v) is 19.7. The van der Waals surface area contributed by atoms with E-state index in [1.807, 2.05) is 158 Å². The molecule has 0 aromatic carbocycles. The molecule has 0 radical (unpaired) electrons. The number of ketones is 6. The molecule has 0 bridgehead atoms. The van der Waals surface area contributed by atoms with Crippen LogP contribution in [-0.4, -0.2) is 110 Å². The molecule has 0 atom stereocenters. The van der Waals surface area contributed by atoms with Crippen molar-refractivity contribution in [2.45, 2.75) is 261 Å². The fraction of sp³-hybridized carbons (Fsp3) is 0.662. The minimum Gasteiger partial charge on any atom is -0.381 e. The Labute approximate surface area is 620 Å². The number of hydrogen-bond acceptors (Lipinski definition) is 18. The van der Waals surface area contributed by atoms with Gasteiger partial charge in [-0.05, 0) is 122 Å². The van der Waals surface area contributed by atoms with Crippen LogP contribution in [0.5, 0.6) is 0 Å². The van der Waals surface area contributed by atoms with Gasteiger partial charge in [-0.2, -0.15) is 15.3 Å². The summed E-state index contributed by atoms with van der Waals surface area (Å²) in [6, 6.07) is 2.06. The number of rotatable bonds is 31. The molecule has 0 spiro atoms. The largest absolute Gasteiger partial charge is 0.381 e. The number of carbonyl (C=O) groups is 6. The van der Waals surface area contributed by atoms with Gasteiger partial charge in [0.25, 0.3) is 0 Å². The van der Waals surface area contributed by atoms with Crippen molar-refractivity contribution >= 4 is 68.7 Å². The average Bonchev–Trinajstić information content (AvgIpc) is 1.74. The van der Waals surface area contributed by atoms with Gasteiger partial charge >= 0.3 is 0 Å². The van der Waals surface area contributed by atoms with E-state index in [2.05, 4.69) is 89.3 Å². The molecule has 1 saturated carbocycles. The van der Waals surface area contributed by atoms with Gasteiger partial charge in [-0.1, -0.05) is 148 Å². The lowest BCUT2D eigenvalue weighted by atomic mass is 9.99. The normalized spacial score (nSPS) is 12.6. The zero-order valence-electron chi connectivity index (χ0n) is 66.3. The number of aromatic nitrogens is 10. The number of allylic oxidation sites excluding steroid dienone is 2. The highest BCUT2D eigenvalue weighted by molar-refractivity contribution is 7.11. The Morgan fingerprint density at radius 3 is 1.55 bits per heavy atom. The van der Waals surface area contributed by atoms with Crippen LogP contribution in [0.4, 0.5) is 0 Å². The van der Waals surface area contributed by atoms with E-state index in [1.54, 1.807) is 51.1 Å². The van der Waals surface area contributed by atoms with Crippen molar-refractivity contribution in [2.24, 2.45) is 67.4 Å². The van der Waals surface area contributed by atoms with Crippen LogP contribution in [0.2, 0.25) is 0 Å². The molecule has 1 aliphatic carbocycles. The monoisotopic (exact) mass is 1450 g/mol. The summed E-state index contributed by atoms with van der Waals surface area (Å²) < 4.78 is 16.2. The summed E-state index contributed by atoms with van der Waals surface area (Å²) in [5.41, 5.74) is 11.2. The van der Waals surface area contributed by atoms with Crippen LogP contribution < -0.4 is 0 Å². The first-order valence-corrected chi connectivity index (χ1v) is 39.3. The molecule has 1 saturated heterocycles. The molecule has 0 N–H and O–H groups in total. The quantitative estimate of drug-likeness (QED) is 0.0291. The molecular weight excluding hydrogens is 1330 g/mol. The van der Waals surface area contributed by atoms with E-state index in [1.165, 1.54) is 51.5 Å². The molecular formula is C80H130N10O8S3. The van der Waals surface area contributed by atoms with Gasteiger partial charge in [0.2, 0.25) is 0 Å². The molecule has 566 valence electrons. The summed E-state index contributed by atoms with van der Waals surface area (Å²) >= 11 is 4.93. The van der Waals surface area contributed by atoms with E-state index in [0.717, 1.165) is 117 Å². The summed E-state index contributed by atoms with van der Waals surface area (Å²) in [6.07, 6.45) is 22.3. The van der Waals surface area contributed by atoms with E-state index >= 15 is 0 Å². The minimum atomic E-state index is 0.0551. The molecule has 18 nitrogen and oxygen atoms in total. The van der Waals surface area contributed by atoms with E-state index in [9.17, 15) is 28.8 Å². The van der Waals surface area contributed by atoms with Crippen LogP contribution in [0.15, 0.2) is 66.0 Å². The van der Waals surface area contributed by atoms with Crippen molar-refractivity contribution in [3.63, 3.8) is 0 Å². The van der Waals surface area contributed by atoms with Gasteiger partial charge in [-0.15, -0.1) is 44.2 Å². The number of thiazole rings is 2. The van der Waals surface area contributed by atoms with Crippen LogP contribution in [0, 0.1) is 81.0 Å². The Hall–Kier alpha value is -6.13. The smallest absolute Gasteiger partial charge is 0.168 e. The fourth-order valence-corrected chi connectivity index (χ4v) is 11.1. The number of ether oxygens (including phenoxy) is 2. The third kappa shape index (κ3) is 41.7. The van der Waals surface area contributed by atoms with E-state index in [0.29, 0.717) is 59.8 Å². The van der Waals surface area contributed by atoms with Crippen molar-refractivity contribution in [1.29, 1.82) is 0 Å². The molecule has 6 aromatic heterocycles. The minimum absolute atomic E-state index is 0.0551. The first-order chi connectivity index (χ1) is 47.5. The van der Waals surface area contributed by atoms with Crippen LogP contribution >= 0.6 is 34.0 Å². The van der Waals surface area contributed by atoms with Crippen LogP contribution in [0.3, 0.4) is 0 Å². The van der Waals surface area contributed by atoms with Crippen molar-refractivity contribution in [2.75, 3.05) is 19.8 Å². The molecule has 2 aliphatic rings. The SMILES string of the molecule is C=C(CCc1ccnn1C)C(C)C.C=C(CCc1ncsc1C)C(C)C.CC(C)C(=O)CCC1CC1.CC(C)C(=O)COC1CCOCC1.CCn1cc(C(=O)C(C)C)cn1.Cc1cnn(C)c1CCC(=O)C(C)C.Cc1nc(CCC(=O)C(C)C)cs1.Cc1nnc(CCC(=O)C(C)C)s1. The highest BCUT2D eigenvalue weighted by Crippen LogP contribution is 2.34. The van der Waals surface area contributed by atoms with Crippen molar-refractivity contribution in [3.8, 4) is 0 Å². The average molecular weight is 1460 g/mol. The lowest BCUT2D eigenvalue weighted by Gasteiger charge is -2.22. The second kappa shape index (κ2) is 51.1. The Morgan fingerprint density at radius 1 is 0.584 bits per heavy atom. The number of aryl methyl sites for hydroxylation is 11. The Morgan fingerprint density at radius 2 is 1.13 bits per heavy atom. The molecule has 21 heteroatoms. The number of hydrogen-bond donors (Lipinski definition) is 0. The molecule has 8 rings (SSSR count).